The second-order valence-electron chi connectivity index (χ2n) is 6.69. The van der Waals surface area contributed by atoms with Gasteiger partial charge in [-0.1, -0.05) is 35.3 Å². The van der Waals surface area contributed by atoms with Gasteiger partial charge in [0.1, 0.15) is 5.70 Å². The van der Waals surface area contributed by atoms with Crippen molar-refractivity contribution in [1.29, 1.82) is 0 Å². The fourth-order valence-corrected chi connectivity index (χ4v) is 4.27. The number of nitrogens with one attached hydrogen (secondary N) is 1. The number of carbonyl (C=O) groups is 2. The molecular weight excluding hydrogens is 427 g/mol. The van der Waals surface area contributed by atoms with Crippen molar-refractivity contribution in [2.45, 2.75) is 13.8 Å². The Morgan fingerprint density at radius 1 is 0.931 bits per heavy atom. The van der Waals surface area contributed by atoms with Gasteiger partial charge in [0.05, 0.1) is 16.3 Å². The lowest BCUT2D eigenvalue weighted by Gasteiger charge is -2.17. The van der Waals surface area contributed by atoms with Crippen LogP contribution in [-0.4, -0.2) is 11.8 Å². The third-order valence-electron chi connectivity index (χ3n) is 4.78. The highest BCUT2D eigenvalue weighted by molar-refractivity contribution is 7.11. The van der Waals surface area contributed by atoms with E-state index in [1.165, 1.54) is 17.4 Å². The maximum absolute atomic E-state index is 13.3. The van der Waals surface area contributed by atoms with Crippen molar-refractivity contribution < 1.29 is 9.59 Å². The fraction of sp³-hybridized carbons (Fsp3) is 0.0909. The Labute approximate surface area is 182 Å². The minimum absolute atomic E-state index is 0.219. The Bertz CT molecular complexity index is 1170. The number of nitrogens with zero attached hydrogens (tertiary/aromatic N) is 1. The summed E-state index contributed by atoms with van der Waals surface area (Å²) in [6.07, 6.45) is 0. The van der Waals surface area contributed by atoms with E-state index in [0.29, 0.717) is 15.5 Å². The second-order valence-corrected chi connectivity index (χ2v) is 8.48. The molecule has 0 unspecified atom stereocenters. The lowest BCUT2D eigenvalue weighted by Crippen LogP contribution is -2.32. The van der Waals surface area contributed by atoms with Gasteiger partial charge in [-0.25, -0.2) is 4.90 Å². The Balaban J connectivity index is 1.82. The monoisotopic (exact) mass is 442 g/mol. The molecule has 2 amide bonds. The normalized spacial score (nSPS) is 14.1. The van der Waals surface area contributed by atoms with Crippen LogP contribution in [0, 0.1) is 13.8 Å². The molecule has 3 aromatic rings. The minimum Gasteiger partial charge on any atom is -0.350 e. The molecule has 1 aliphatic heterocycles. The molecule has 0 aliphatic carbocycles. The number of hydrogen-bond donors (Lipinski definition) is 1. The van der Waals surface area contributed by atoms with Crippen LogP contribution in [0.5, 0.6) is 0 Å². The van der Waals surface area contributed by atoms with Gasteiger partial charge in [-0.15, -0.1) is 11.3 Å². The number of amides is 2. The topological polar surface area (TPSA) is 49.4 Å². The molecule has 2 heterocycles. The average molecular weight is 443 g/mol. The SMILES string of the molecule is Cc1ccc(NC2=C(c3cccs3)C(=O)N(c3cc(Cl)ccc3Cl)C2=O)cc1C. The van der Waals surface area contributed by atoms with Gasteiger partial charge in [-0.05, 0) is 66.8 Å². The van der Waals surface area contributed by atoms with Crippen LogP contribution in [-0.2, 0) is 9.59 Å². The molecular formula is C22H16Cl2N2O2S. The van der Waals surface area contributed by atoms with Crippen molar-refractivity contribution in [3.05, 3.63) is 85.7 Å². The summed E-state index contributed by atoms with van der Waals surface area (Å²) in [7, 11) is 0. The Morgan fingerprint density at radius 3 is 2.41 bits per heavy atom. The van der Waals surface area contributed by atoms with Crippen molar-refractivity contribution in [2.24, 2.45) is 0 Å². The van der Waals surface area contributed by atoms with Gasteiger partial charge in [-0.2, -0.15) is 0 Å². The molecule has 0 fully saturated rings. The van der Waals surface area contributed by atoms with Gasteiger partial charge in [0.15, 0.2) is 0 Å². The van der Waals surface area contributed by atoms with E-state index >= 15 is 0 Å². The summed E-state index contributed by atoms with van der Waals surface area (Å²) in [4.78, 5) is 28.4. The van der Waals surface area contributed by atoms with E-state index in [9.17, 15) is 9.59 Å². The summed E-state index contributed by atoms with van der Waals surface area (Å²) in [5, 5.41) is 5.68. The van der Waals surface area contributed by atoms with Crippen molar-refractivity contribution in [2.75, 3.05) is 10.2 Å². The first-order valence-electron chi connectivity index (χ1n) is 8.83. The highest BCUT2D eigenvalue weighted by atomic mass is 35.5. The number of rotatable bonds is 4. The van der Waals surface area contributed by atoms with E-state index < -0.39 is 11.8 Å². The predicted molar refractivity (Wildman–Crippen MR) is 120 cm³/mol. The van der Waals surface area contributed by atoms with Crippen LogP contribution in [0.15, 0.2) is 59.6 Å². The zero-order valence-corrected chi connectivity index (χ0v) is 18.0. The van der Waals surface area contributed by atoms with Gasteiger partial charge in [0.25, 0.3) is 11.8 Å². The molecule has 0 bridgehead atoms. The van der Waals surface area contributed by atoms with E-state index in [1.54, 1.807) is 12.1 Å². The number of halogens is 2. The van der Waals surface area contributed by atoms with E-state index in [-0.39, 0.29) is 16.4 Å². The molecule has 2 aromatic carbocycles. The first-order valence-corrected chi connectivity index (χ1v) is 10.5. The lowest BCUT2D eigenvalue weighted by atomic mass is 10.1. The fourth-order valence-electron chi connectivity index (χ4n) is 3.13. The summed E-state index contributed by atoms with van der Waals surface area (Å²) in [5.74, 6) is -0.909. The maximum Gasteiger partial charge on any atom is 0.282 e. The van der Waals surface area contributed by atoms with Gasteiger partial charge in [0.2, 0.25) is 0 Å². The Morgan fingerprint density at radius 2 is 1.72 bits per heavy atom. The molecule has 1 aliphatic rings. The highest BCUT2D eigenvalue weighted by Gasteiger charge is 2.41. The van der Waals surface area contributed by atoms with Crippen LogP contribution < -0.4 is 10.2 Å². The summed E-state index contributed by atoms with van der Waals surface area (Å²) in [5.41, 5.74) is 3.76. The second kappa shape index (κ2) is 7.67. The highest BCUT2D eigenvalue weighted by Crippen LogP contribution is 2.39. The van der Waals surface area contributed by atoms with Crippen molar-refractivity contribution in [3.63, 3.8) is 0 Å². The molecule has 0 radical (unpaired) electrons. The summed E-state index contributed by atoms with van der Waals surface area (Å²) in [6.45, 7) is 4.01. The van der Waals surface area contributed by atoms with Crippen LogP contribution in [0.25, 0.3) is 5.57 Å². The van der Waals surface area contributed by atoms with Gasteiger partial charge < -0.3 is 5.32 Å². The van der Waals surface area contributed by atoms with Gasteiger partial charge in [0, 0.05) is 15.6 Å². The molecule has 1 N–H and O–H groups in total. The van der Waals surface area contributed by atoms with Crippen LogP contribution in [0.4, 0.5) is 11.4 Å². The summed E-state index contributed by atoms with van der Waals surface area (Å²) >= 11 is 13.8. The van der Waals surface area contributed by atoms with E-state index in [0.717, 1.165) is 21.7 Å². The van der Waals surface area contributed by atoms with E-state index in [2.05, 4.69) is 5.32 Å². The molecule has 4 rings (SSSR count). The van der Waals surface area contributed by atoms with Crippen molar-refractivity contribution >= 4 is 63.3 Å². The van der Waals surface area contributed by atoms with Crippen LogP contribution in [0.1, 0.15) is 16.0 Å². The molecule has 146 valence electrons. The Kier molecular flexibility index (Phi) is 5.21. The maximum atomic E-state index is 13.3. The number of benzene rings is 2. The van der Waals surface area contributed by atoms with Crippen LogP contribution in [0.3, 0.4) is 0 Å². The summed E-state index contributed by atoms with van der Waals surface area (Å²) < 4.78 is 0. The molecule has 0 saturated heterocycles. The molecule has 29 heavy (non-hydrogen) atoms. The first-order chi connectivity index (χ1) is 13.9. The zero-order valence-electron chi connectivity index (χ0n) is 15.6. The smallest absolute Gasteiger partial charge is 0.282 e. The van der Waals surface area contributed by atoms with Crippen LogP contribution in [0.2, 0.25) is 10.0 Å². The minimum atomic E-state index is -0.471. The number of aryl methyl sites for hydroxylation is 2. The molecule has 4 nitrogen and oxygen atoms in total. The molecule has 7 heteroatoms. The number of imide groups is 1. The molecule has 0 saturated carbocycles. The summed E-state index contributed by atoms with van der Waals surface area (Å²) in [6, 6.07) is 14.2. The number of thiophene rings is 1. The third-order valence-corrected chi connectivity index (χ3v) is 6.22. The molecule has 0 atom stereocenters. The zero-order chi connectivity index (χ0) is 20.7. The van der Waals surface area contributed by atoms with Crippen LogP contribution >= 0.6 is 34.5 Å². The predicted octanol–water partition coefficient (Wildman–Crippen LogP) is 6.07. The average Bonchev–Trinajstić information content (AvgIpc) is 3.28. The largest absolute Gasteiger partial charge is 0.350 e. The molecule has 1 aromatic heterocycles. The standard InChI is InChI=1S/C22H16Cl2N2O2S/c1-12-5-7-15(10-13(12)2)25-20-19(18-4-3-9-29-18)21(27)26(22(20)28)17-11-14(23)6-8-16(17)24/h3-11,25H,1-2H3. The number of anilines is 2. The van der Waals surface area contributed by atoms with Crippen molar-refractivity contribution in [1.82, 2.24) is 0 Å². The first kappa shape index (κ1) is 19.7. The number of carbonyl (C=O) groups excluding carboxylic acids is 2. The van der Waals surface area contributed by atoms with Gasteiger partial charge >= 0.3 is 0 Å². The van der Waals surface area contributed by atoms with Gasteiger partial charge in [-0.3, -0.25) is 9.59 Å². The van der Waals surface area contributed by atoms with Crippen molar-refractivity contribution in [3.8, 4) is 0 Å². The van der Waals surface area contributed by atoms with E-state index in [1.807, 2.05) is 49.6 Å². The molecule has 0 spiro atoms. The van der Waals surface area contributed by atoms with E-state index in [4.69, 9.17) is 23.2 Å². The number of hydrogen-bond acceptors (Lipinski definition) is 4. The quantitative estimate of drug-likeness (QED) is 0.498. The third kappa shape index (κ3) is 3.57. The lowest BCUT2D eigenvalue weighted by molar-refractivity contribution is -0.120. The Hall–Kier alpha value is -2.60.